The Hall–Kier alpha value is -2.25. The minimum absolute atomic E-state index is 0.0113. The number of carbonyl (C=O) groups excluding carboxylic acids is 3. The first kappa shape index (κ1) is 19.7. The van der Waals surface area contributed by atoms with E-state index in [-0.39, 0.29) is 41.9 Å². The van der Waals surface area contributed by atoms with Crippen LogP contribution in [0.2, 0.25) is 0 Å². The van der Waals surface area contributed by atoms with Crippen LogP contribution in [0.25, 0.3) is 0 Å². The summed E-state index contributed by atoms with van der Waals surface area (Å²) in [7, 11) is 0. The van der Waals surface area contributed by atoms with Gasteiger partial charge in [0.05, 0.1) is 24.5 Å². The van der Waals surface area contributed by atoms with Gasteiger partial charge in [0.25, 0.3) is 0 Å². The molecular weight excluding hydrogens is 382 g/mol. The van der Waals surface area contributed by atoms with Gasteiger partial charge in [0, 0.05) is 50.7 Å². The maximum absolute atomic E-state index is 12.9. The second-order valence-electron chi connectivity index (χ2n) is 9.23. The van der Waals surface area contributed by atoms with Gasteiger partial charge in [0.1, 0.15) is 5.78 Å². The Morgan fingerprint density at radius 2 is 1.60 bits per heavy atom. The van der Waals surface area contributed by atoms with Gasteiger partial charge < -0.3 is 10.0 Å². The Labute approximate surface area is 176 Å². The molecule has 0 spiro atoms. The zero-order valence-corrected chi connectivity index (χ0v) is 17.2. The molecular formula is C23H29N3O4. The number of aliphatic hydroxyl groups excluding tert-OH is 1. The molecule has 2 heterocycles. The third kappa shape index (κ3) is 3.34. The van der Waals surface area contributed by atoms with Crippen molar-refractivity contribution in [2.24, 2.45) is 23.7 Å². The zero-order chi connectivity index (χ0) is 20.8. The Bertz CT molecular complexity index is 836. The second kappa shape index (κ2) is 7.78. The molecule has 2 saturated heterocycles. The third-order valence-corrected chi connectivity index (χ3v) is 7.51. The van der Waals surface area contributed by atoms with E-state index >= 15 is 0 Å². The summed E-state index contributed by atoms with van der Waals surface area (Å²) < 4.78 is 0. The van der Waals surface area contributed by atoms with Crippen LogP contribution in [-0.2, 0) is 14.4 Å². The number of amides is 2. The number of Topliss-reactive ketones (excluding diaryl/α,β-unsaturated/α-hetero) is 1. The average Bonchev–Trinajstić information content (AvgIpc) is 3.02. The number of benzene rings is 1. The van der Waals surface area contributed by atoms with Crippen molar-refractivity contribution < 1.29 is 19.5 Å². The summed E-state index contributed by atoms with van der Waals surface area (Å²) in [6, 6.07) is 10.3. The van der Waals surface area contributed by atoms with Crippen LogP contribution in [-0.4, -0.2) is 77.9 Å². The standard InChI is InChI=1S/C23H29N3O4/c27-17(13-24-8-10-25(11-9-24)16-4-2-1-3-5-16)14-26-22(29)20-15-6-7-18(19(28)12-15)21(20)23(26)30/h1-5,15,17-18,20-21,27H,6-14H2. The number of nitrogens with zero attached hydrogens (tertiary/aromatic N) is 3. The minimum atomic E-state index is -0.769. The molecule has 5 atom stereocenters. The van der Waals surface area contributed by atoms with Crippen LogP contribution >= 0.6 is 0 Å². The molecule has 0 aromatic heterocycles. The number of likely N-dealkylation sites (tertiary alicyclic amines) is 1. The van der Waals surface area contributed by atoms with E-state index in [1.54, 1.807) is 0 Å². The fraction of sp³-hybridized carbons (Fsp3) is 0.609. The summed E-state index contributed by atoms with van der Waals surface area (Å²) in [5.41, 5.74) is 1.21. The summed E-state index contributed by atoms with van der Waals surface area (Å²) in [5.74, 6) is -1.34. The van der Waals surface area contributed by atoms with Gasteiger partial charge in [-0.25, -0.2) is 0 Å². The normalized spacial score (nSPS) is 32.6. The molecule has 3 aliphatic carbocycles. The number of hydrogen-bond donors (Lipinski definition) is 1. The maximum atomic E-state index is 12.9. The summed E-state index contributed by atoms with van der Waals surface area (Å²) in [6.45, 7) is 3.91. The van der Waals surface area contributed by atoms with Crippen LogP contribution in [0.4, 0.5) is 5.69 Å². The quantitative estimate of drug-likeness (QED) is 0.721. The second-order valence-corrected chi connectivity index (χ2v) is 9.23. The van der Waals surface area contributed by atoms with Crippen molar-refractivity contribution in [1.29, 1.82) is 0 Å². The van der Waals surface area contributed by atoms with E-state index in [0.29, 0.717) is 13.0 Å². The number of piperazine rings is 1. The molecule has 5 aliphatic rings. The number of ketones is 1. The molecule has 1 aromatic carbocycles. The highest BCUT2D eigenvalue weighted by molar-refractivity contribution is 6.08. The fourth-order valence-electron chi connectivity index (χ4n) is 6.02. The van der Waals surface area contributed by atoms with Gasteiger partial charge in [0.15, 0.2) is 0 Å². The van der Waals surface area contributed by atoms with Gasteiger partial charge in [-0.15, -0.1) is 0 Å². The molecule has 2 bridgehead atoms. The maximum Gasteiger partial charge on any atom is 0.233 e. The molecule has 7 nitrogen and oxygen atoms in total. The van der Waals surface area contributed by atoms with Crippen LogP contribution in [0.1, 0.15) is 19.3 Å². The summed E-state index contributed by atoms with van der Waals surface area (Å²) >= 11 is 0. The topological polar surface area (TPSA) is 81.2 Å². The molecule has 160 valence electrons. The molecule has 1 aromatic rings. The monoisotopic (exact) mass is 411 g/mol. The Morgan fingerprint density at radius 3 is 2.30 bits per heavy atom. The first-order valence-corrected chi connectivity index (χ1v) is 11.1. The van der Waals surface area contributed by atoms with E-state index in [2.05, 4.69) is 21.9 Å². The number of rotatable bonds is 5. The van der Waals surface area contributed by atoms with Gasteiger partial charge in [0.2, 0.25) is 11.8 Å². The van der Waals surface area contributed by atoms with Crippen molar-refractivity contribution in [3.8, 4) is 0 Å². The molecule has 5 fully saturated rings. The average molecular weight is 412 g/mol. The lowest BCUT2D eigenvalue weighted by Gasteiger charge is -2.41. The molecule has 7 heteroatoms. The number of anilines is 1. The predicted molar refractivity (Wildman–Crippen MR) is 111 cm³/mol. The van der Waals surface area contributed by atoms with Crippen molar-refractivity contribution in [2.45, 2.75) is 25.4 Å². The molecule has 5 unspecified atom stereocenters. The van der Waals surface area contributed by atoms with Gasteiger partial charge in [-0.3, -0.25) is 24.2 Å². The number of fused-ring (bicyclic) bond motifs is 2. The van der Waals surface area contributed by atoms with E-state index in [1.807, 2.05) is 18.2 Å². The third-order valence-electron chi connectivity index (χ3n) is 7.51. The number of hydrogen-bond acceptors (Lipinski definition) is 6. The van der Waals surface area contributed by atoms with Gasteiger partial charge in [-0.1, -0.05) is 18.2 Å². The smallest absolute Gasteiger partial charge is 0.233 e. The number of carbonyl (C=O) groups is 3. The van der Waals surface area contributed by atoms with Gasteiger partial charge >= 0.3 is 0 Å². The molecule has 30 heavy (non-hydrogen) atoms. The molecule has 6 rings (SSSR count). The highest BCUT2D eigenvalue weighted by Gasteiger charge is 2.60. The van der Waals surface area contributed by atoms with E-state index in [1.165, 1.54) is 10.6 Å². The van der Waals surface area contributed by atoms with Crippen molar-refractivity contribution in [1.82, 2.24) is 9.80 Å². The predicted octanol–water partition coefficient (Wildman–Crippen LogP) is 0.770. The van der Waals surface area contributed by atoms with Crippen LogP contribution < -0.4 is 4.90 Å². The molecule has 3 saturated carbocycles. The number of aliphatic hydroxyl groups is 1. The highest BCUT2D eigenvalue weighted by Crippen LogP contribution is 2.51. The Morgan fingerprint density at radius 1 is 0.900 bits per heavy atom. The van der Waals surface area contributed by atoms with E-state index in [9.17, 15) is 19.5 Å². The van der Waals surface area contributed by atoms with Gasteiger partial charge in [-0.2, -0.15) is 0 Å². The van der Waals surface area contributed by atoms with Crippen LogP contribution in [0.5, 0.6) is 0 Å². The lowest BCUT2D eigenvalue weighted by molar-refractivity contribution is -0.144. The van der Waals surface area contributed by atoms with E-state index in [0.717, 1.165) is 39.0 Å². The van der Waals surface area contributed by atoms with Crippen molar-refractivity contribution in [2.75, 3.05) is 44.2 Å². The SMILES string of the molecule is O=C1CC2CCC1C1C(=O)N(CC(O)CN3CCN(c4ccccc4)CC3)C(=O)C21. The zero-order valence-electron chi connectivity index (χ0n) is 17.2. The summed E-state index contributed by atoms with van der Waals surface area (Å²) in [6.07, 6.45) is 1.26. The Kier molecular flexibility index (Phi) is 5.11. The number of imide groups is 1. The lowest BCUT2D eigenvalue weighted by atomic mass is 9.59. The number of β-amino-alcohol motifs (C(OH)–C–C–N with tert-alkyl or cyclic N) is 1. The molecule has 0 radical (unpaired) electrons. The fourth-order valence-corrected chi connectivity index (χ4v) is 6.02. The summed E-state index contributed by atoms with van der Waals surface area (Å²) in [4.78, 5) is 43.9. The lowest BCUT2D eigenvalue weighted by Crippen LogP contribution is -2.50. The van der Waals surface area contributed by atoms with Crippen LogP contribution in [0, 0.1) is 23.7 Å². The van der Waals surface area contributed by atoms with Crippen molar-refractivity contribution in [3.05, 3.63) is 30.3 Å². The van der Waals surface area contributed by atoms with Crippen molar-refractivity contribution >= 4 is 23.3 Å². The van der Waals surface area contributed by atoms with E-state index < -0.39 is 12.0 Å². The van der Waals surface area contributed by atoms with Crippen LogP contribution in [0.3, 0.4) is 0 Å². The van der Waals surface area contributed by atoms with Gasteiger partial charge in [-0.05, 0) is 30.9 Å². The highest BCUT2D eigenvalue weighted by atomic mass is 16.3. The summed E-state index contributed by atoms with van der Waals surface area (Å²) in [5, 5.41) is 10.6. The minimum Gasteiger partial charge on any atom is -0.390 e. The first-order valence-electron chi connectivity index (χ1n) is 11.1. The number of para-hydroxylation sites is 1. The largest absolute Gasteiger partial charge is 0.390 e. The molecule has 2 aliphatic heterocycles. The van der Waals surface area contributed by atoms with Crippen LogP contribution in [0.15, 0.2) is 30.3 Å². The molecule has 1 N–H and O–H groups in total. The molecule has 2 amide bonds. The van der Waals surface area contributed by atoms with E-state index in [4.69, 9.17) is 0 Å². The Balaban J connectivity index is 1.17. The van der Waals surface area contributed by atoms with Crippen molar-refractivity contribution in [3.63, 3.8) is 0 Å². The first-order chi connectivity index (χ1) is 14.5.